The largest absolute Gasteiger partial charge is 0.477 e. The number of carbonyl (C=O) groups is 2. The summed E-state index contributed by atoms with van der Waals surface area (Å²) in [6, 6.07) is 0.316. The number of hydrogen-bond donors (Lipinski definition) is 3. The minimum atomic E-state index is -0.987. The molecule has 2 saturated heterocycles. The highest BCUT2D eigenvalue weighted by Gasteiger charge is 2.59. The van der Waals surface area contributed by atoms with E-state index in [9.17, 15) is 14.7 Å². The lowest BCUT2D eigenvalue weighted by atomic mass is 9.75. The van der Waals surface area contributed by atoms with Crippen LogP contribution in [-0.4, -0.2) is 52.3 Å². The smallest absolute Gasteiger partial charge is 0.353 e. The molecule has 2 unspecified atom stereocenters. The predicted molar refractivity (Wildman–Crippen MR) is 89.6 cm³/mol. The fourth-order valence-electron chi connectivity index (χ4n) is 4.10. The molecule has 0 aromatic carbocycles. The standard InChI is InChI=1S/C16H25N3O3S/c1-7(2)11-12-8(3)14(13(16(21)22)19(12)15(11)20)23-10-4-9(5-17)18-6-10/h7-12,18H,4-6,17H2,1-3H3,(H,21,22)/t8-,9?,10+,11?,12-/m1/s1. The van der Waals surface area contributed by atoms with Gasteiger partial charge < -0.3 is 21.1 Å². The van der Waals surface area contributed by atoms with Crippen LogP contribution >= 0.6 is 11.8 Å². The molecule has 3 aliphatic rings. The summed E-state index contributed by atoms with van der Waals surface area (Å²) in [6.07, 6.45) is 0.941. The average Bonchev–Trinajstić information content (AvgIpc) is 3.02. The molecule has 3 aliphatic heterocycles. The highest BCUT2D eigenvalue weighted by molar-refractivity contribution is 8.03. The Kier molecular flexibility index (Phi) is 4.46. The van der Waals surface area contributed by atoms with E-state index in [1.54, 1.807) is 11.8 Å². The molecule has 5 atom stereocenters. The van der Waals surface area contributed by atoms with Gasteiger partial charge in [0.15, 0.2) is 0 Å². The maximum atomic E-state index is 12.4. The van der Waals surface area contributed by atoms with Crippen LogP contribution in [0.5, 0.6) is 0 Å². The molecule has 0 saturated carbocycles. The monoisotopic (exact) mass is 339 g/mol. The Morgan fingerprint density at radius 3 is 2.74 bits per heavy atom. The number of carbonyl (C=O) groups excluding carboxylic acids is 1. The lowest BCUT2D eigenvalue weighted by molar-refractivity contribution is -0.159. The Morgan fingerprint density at radius 1 is 1.52 bits per heavy atom. The predicted octanol–water partition coefficient (Wildman–Crippen LogP) is 0.838. The van der Waals surface area contributed by atoms with Crippen LogP contribution in [0.4, 0.5) is 0 Å². The average molecular weight is 339 g/mol. The molecular weight excluding hydrogens is 314 g/mol. The number of hydrogen-bond acceptors (Lipinski definition) is 5. The lowest BCUT2D eigenvalue weighted by Crippen LogP contribution is -2.62. The third-order valence-electron chi connectivity index (χ3n) is 5.27. The van der Waals surface area contributed by atoms with Crippen LogP contribution in [0.2, 0.25) is 0 Å². The van der Waals surface area contributed by atoms with Gasteiger partial charge in [0.1, 0.15) is 5.70 Å². The minimum absolute atomic E-state index is 0.00997. The second-order valence-electron chi connectivity index (χ2n) is 7.09. The van der Waals surface area contributed by atoms with Crippen molar-refractivity contribution in [3.63, 3.8) is 0 Å². The zero-order valence-corrected chi connectivity index (χ0v) is 14.6. The van der Waals surface area contributed by atoms with Crippen LogP contribution < -0.4 is 11.1 Å². The second-order valence-corrected chi connectivity index (χ2v) is 8.43. The van der Waals surface area contributed by atoms with Crippen LogP contribution in [0.1, 0.15) is 27.2 Å². The maximum absolute atomic E-state index is 12.4. The third kappa shape index (κ3) is 2.58. The molecule has 0 aromatic rings. The molecule has 128 valence electrons. The molecule has 3 heterocycles. The fraction of sp³-hybridized carbons (Fsp3) is 0.750. The van der Waals surface area contributed by atoms with E-state index in [1.807, 2.05) is 13.8 Å². The van der Waals surface area contributed by atoms with Crippen LogP contribution in [-0.2, 0) is 9.59 Å². The number of aliphatic carboxylic acids is 1. The van der Waals surface area contributed by atoms with Crippen molar-refractivity contribution in [2.24, 2.45) is 23.5 Å². The van der Waals surface area contributed by atoms with Crippen LogP contribution in [0.3, 0.4) is 0 Å². The van der Waals surface area contributed by atoms with Gasteiger partial charge in [0.2, 0.25) is 5.91 Å². The van der Waals surface area contributed by atoms with Crippen molar-refractivity contribution in [3.8, 4) is 0 Å². The number of thioether (sulfide) groups is 1. The van der Waals surface area contributed by atoms with Gasteiger partial charge in [-0.05, 0) is 12.3 Å². The molecule has 0 aromatic heterocycles. The van der Waals surface area contributed by atoms with Crippen molar-refractivity contribution in [2.75, 3.05) is 13.1 Å². The molecule has 7 heteroatoms. The number of fused-ring (bicyclic) bond motifs is 1. The van der Waals surface area contributed by atoms with Crippen LogP contribution in [0.25, 0.3) is 0 Å². The van der Waals surface area contributed by atoms with E-state index >= 15 is 0 Å². The third-order valence-corrected chi connectivity index (χ3v) is 6.78. The summed E-state index contributed by atoms with van der Waals surface area (Å²) < 4.78 is 0. The number of β-lactam (4-membered cyclic amide) rings is 1. The van der Waals surface area contributed by atoms with E-state index in [2.05, 4.69) is 12.2 Å². The molecule has 4 N–H and O–H groups in total. The first-order valence-corrected chi connectivity index (χ1v) is 9.15. The molecule has 6 nitrogen and oxygen atoms in total. The van der Waals surface area contributed by atoms with Crippen molar-refractivity contribution >= 4 is 23.6 Å². The van der Waals surface area contributed by atoms with Gasteiger partial charge in [0.05, 0.1) is 12.0 Å². The zero-order valence-electron chi connectivity index (χ0n) is 13.8. The van der Waals surface area contributed by atoms with E-state index in [0.29, 0.717) is 17.8 Å². The quantitative estimate of drug-likeness (QED) is 0.643. The summed E-state index contributed by atoms with van der Waals surface area (Å²) in [5.74, 6) is -0.752. The van der Waals surface area contributed by atoms with Gasteiger partial charge in [-0.2, -0.15) is 0 Å². The van der Waals surface area contributed by atoms with Crippen molar-refractivity contribution in [1.82, 2.24) is 10.2 Å². The molecule has 0 bridgehead atoms. The number of carboxylic acids is 1. The van der Waals surface area contributed by atoms with E-state index in [-0.39, 0.29) is 35.4 Å². The van der Waals surface area contributed by atoms with E-state index in [4.69, 9.17) is 5.73 Å². The van der Waals surface area contributed by atoms with Crippen molar-refractivity contribution in [2.45, 2.75) is 44.5 Å². The Bertz CT molecular complexity index is 563. The topological polar surface area (TPSA) is 95.7 Å². The first-order chi connectivity index (χ1) is 10.9. The number of nitrogens with zero attached hydrogens (tertiary/aromatic N) is 1. The van der Waals surface area contributed by atoms with Gasteiger partial charge in [0, 0.05) is 35.2 Å². The first-order valence-electron chi connectivity index (χ1n) is 8.27. The molecule has 1 amide bonds. The Morgan fingerprint density at radius 2 is 2.22 bits per heavy atom. The van der Waals surface area contributed by atoms with Gasteiger partial charge in [-0.15, -0.1) is 11.8 Å². The summed E-state index contributed by atoms with van der Waals surface area (Å²) >= 11 is 1.63. The van der Waals surface area contributed by atoms with Crippen molar-refractivity contribution in [3.05, 3.63) is 10.6 Å². The summed E-state index contributed by atoms with van der Waals surface area (Å²) in [5.41, 5.74) is 5.91. The van der Waals surface area contributed by atoms with Gasteiger partial charge in [0.25, 0.3) is 0 Å². The summed E-state index contributed by atoms with van der Waals surface area (Å²) in [5, 5.41) is 13.3. The number of amides is 1. The first kappa shape index (κ1) is 16.8. The zero-order chi connectivity index (χ0) is 16.9. The summed E-state index contributed by atoms with van der Waals surface area (Å²) in [7, 11) is 0. The summed E-state index contributed by atoms with van der Waals surface area (Å²) in [6.45, 7) is 7.55. The SMILES string of the molecule is CC(C)C1C(=O)N2C(C(=O)O)=C(S[C@@H]3CNC(CN)C3)[C@H](C)[C@H]12. The van der Waals surface area contributed by atoms with Crippen molar-refractivity contribution < 1.29 is 14.7 Å². The van der Waals surface area contributed by atoms with Crippen LogP contribution in [0.15, 0.2) is 10.6 Å². The normalized spacial score (nSPS) is 36.7. The maximum Gasteiger partial charge on any atom is 0.353 e. The molecule has 2 fully saturated rings. The van der Waals surface area contributed by atoms with Gasteiger partial charge >= 0.3 is 5.97 Å². The number of nitrogens with one attached hydrogen (secondary N) is 1. The van der Waals surface area contributed by atoms with Crippen LogP contribution in [0, 0.1) is 17.8 Å². The van der Waals surface area contributed by atoms with Gasteiger partial charge in [-0.3, -0.25) is 4.79 Å². The molecule has 0 aliphatic carbocycles. The number of carboxylic acid groups (broad SMARTS) is 1. The molecule has 3 rings (SSSR count). The van der Waals surface area contributed by atoms with Gasteiger partial charge in [-0.25, -0.2) is 4.79 Å². The minimum Gasteiger partial charge on any atom is -0.477 e. The Labute approximate surface area is 140 Å². The molecule has 0 radical (unpaired) electrons. The highest BCUT2D eigenvalue weighted by Crippen LogP contribution is 2.52. The van der Waals surface area contributed by atoms with Crippen molar-refractivity contribution in [1.29, 1.82) is 0 Å². The summed E-state index contributed by atoms with van der Waals surface area (Å²) in [4.78, 5) is 26.6. The number of nitrogens with two attached hydrogens (primary N) is 1. The van der Waals surface area contributed by atoms with E-state index < -0.39 is 5.97 Å². The fourth-order valence-corrected chi connectivity index (χ4v) is 5.62. The molecule has 23 heavy (non-hydrogen) atoms. The molecular formula is C16H25N3O3S. The highest BCUT2D eigenvalue weighted by atomic mass is 32.2. The Hall–Kier alpha value is -1.05. The number of rotatable bonds is 5. The van der Waals surface area contributed by atoms with E-state index in [0.717, 1.165) is 17.9 Å². The lowest BCUT2D eigenvalue weighted by Gasteiger charge is -2.47. The second kappa shape index (κ2) is 6.11. The van der Waals surface area contributed by atoms with Gasteiger partial charge in [-0.1, -0.05) is 20.8 Å². The van der Waals surface area contributed by atoms with E-state index in [1.165, 1.54) is 4.90 Å². The molecule has 0 spiro atoms. The Balaban J connectivity index is 1.83.